The van der Waals surface area contributed by atoms with Gasteiger partial charge in [0.05, 0.1) is 12.2 Å². The Bertz CT molecular complexity index is 265. The van der Waals surface area contributed by atoms with Gasteiger partial charge in [-0.1, -0.05) is 0 Å². The van der Waals surface area contributed by atoms with Crippen molar-refractivity contribution in [3.63, 3.8) is 0 Å². The third kappa shape index (κ3) is 0.787. The number of fused-ring (bicyclic) bond motifs is 1. The van der Waals surface area contributed by atoms with Crippen LogP contribution in [0.4, 0.5) is 0 Å². The van der Waals surface area contributed by atoms with E-state index in [9.17, 15) is 0 Å². The summed E-state index contributed by atoms with van der Waals surface area (Å²) < 4.78 is 0. The van der Waals surface area contributed by atoms with Gasteiger partial charge in [0.1, 0.15) is 0 Å². The van der Waals surface area contributed by atoms with Gasteiger partial charge in [0.15, 0.2) is 0 Å². The van der Waals surface area contributed by atoms with Crippen molar-refractivity contribution < 1.29 is 0 Å². The predicted octanol–water partition coefficient (Wildman–Crippen LogP) is 1.72. The summed E-state index contributed by atoms with van der Waals surface area (Å²) in [6, 6.07) is 5.71. The lowest BCUT2D eigenvalue weighted by Gasteiger charge is -2.43. The molecule has 0 amide bonds. The maximum absolute atomic E-state index is 3.19. The lowest BCUT2D eigenvalue weighted by atomic mass is 9.92. The van der Waals surface area contributed by atoms with Gasteiger partial charge in [0.25, 0.3) is 0 Å². The molecule has 1 N–H and O–H groups in total. The first-order chi connectivity index (χ1) is 5.95. The zero-order valence-electron chi connectivity index (χ0n) is 7.09. The standard InChI is InChI=1S/C10H13N2/c1-4-9(11-5-1)10-7-8-3-2-6-12(8)10/h1,4,8,10-11H,2-3,6-7H2. The third-order valence-electron chi connectivity index (χ3n) is 3.24. The highest BCUT2D eigenvalue weighted by atomic mass is 15.3. The molecule has 2 fully saturated rings. The first-order valence-corrected chi connectivity index (χ1v) is 4.76. The number of hydrogen-bond donors (Lipinski definition) is 1. The molecule has 63 valence electrons. The Balaban J connectivity index is 1.81. The van der Waals surface area contributed by atoms with E-state index in [1.54, 1.807) is 0 Å². The molecule has 0 aromatic carbocycles. The molecule has 2 atom stereocenters. The highest BCUT2D eigenvalue weighted by Gasteiger charge is 2.42. The maximum atomic E-state index is 3.19. The molecule has 2 unspecified atom stereocenters. The van der Waals surface area contributed by atoms with E-state index in [4.69, 9.17) is 0 Å². The fourth-order valence-corrected chi connectivity index (χ4v) is 2.57. The molecule has 3 heterocycles. The Morgan fingerprint density at radius 1 is 1.58 bits per heavy atom. The van der Waals surface area contributed by atoms with Gasteiger partial charge in [-0.2, -0.15) is 0 Å². The van der Waals surface area contributed by atoms with Gasteiger partial charge in [0.2, 0.25) is 0 Å². The van der Waals surface area contributed by atoms with E-state index >= 15 is 0 Å². The number of hydrogen-bond acceptors (Lipinski definition) is 1. The molecule has 12 heavy (non-hydrogen) atoms. The molecule has 0 bridgehead atoms. The van der Waals surface area contributed by atoms with E-state index in [0.29, 0.717) is 6.04 Å². The summed E-state index contributed by atoms with van der Waals surface area (Å²) >= 11 is 0. The smallest absolute Gasteiger partial charge is 0.0622 e. The molecule has 2 saturated heterocycles. The molecule has 2 heteroatoms. The van der Waals surface area contributed by atoms with Crippen LogP contribution < -0.4 is 0 Å². The number of nitrogens with one attached hydrogen (secondary N) is 1. The lowest BCUT2D eigenvalue weighted by Crippen LogP contribution is -2.45. The summed E-state index contributed by atoms with van der Waals surface area (Å²) in [6.45, 7) is 1.30. The van der Waals surface area contributed by atoms with Gasteiger partial charge in [-0.15, -0.1) is 0 Å². The zero-order chi connectivity index (χ0) is 7.97. The molecule has 0 aliphatic carbocycles. The van der Waals surface area contributed by atoms with Gasteiger partial charge < -0.3 is 4.98 Å². The minimum absolute atomic E-state index is 0.684. The van der Waals surface area contributed by atoms with Crippen LogP contribution in [0.25, 0.3) is 0 Å². The fourth-order valence-electron chi connectivity index (χ4n) is 2.57. The molecule has 2 nitrogen and oxygen atoms in total. The predicted molar refractivity (Wildman–Crippen MR) is 46.7 cm³/mol. The fraction of sp³-hybridized carbons (Fsp3) is 0.600. The molecule has 2 aliphatic heterocycles. The summed E-state index contributed by atoms with van der Waals surface area (Å²) in [4.78, 5) is 5.80. The van der Waals surface area contributed by atoms with E-state index in [0.717, 1.165) is 6.04 Å². The summed E-state index contributed by atoms with van der Waals surface area (Å²) in [6.07, 6.45) is 7.17. The van der Waals surface area contributed by atoms with Crippen molar-refractivity contribution in [3.05, 3.63) is 24.0 Å². The van der Waals surface area contributed by atoms with Crippen molar-refractivity contribution in [3.8, 4) is 0 Å². The summed E-state index contributed by atoms with van der Waals surface area (Å²) in [7, 11) is 0. The van der Waals surface area contributed by atoms with Gasteiger partial charge >= 0.3 is 0 Å². The minimum atomic E-state index is 0.684. The van der Waals surface area contributed by atoms with Crippen LogP contribution >= 0.6 is 0 Å². The van der Waals surface area contributed by atoms with Gasteiger partial charge in [-0.25, -0.2) is 0 Å². The maximum Gasteiger partial charge on any atom is 0.0622 e. The van der Waals surface area contributed by atoms with Crippen LogP contribution in [0.5, 0.6) is 0 Å². The molecule has 0 spiro atoms. The Morgan fingerprint density at radius 2 is 2.58 bits per heavy atom. The van der Waals surface area contributed by atoms with Crippen LogP contribution in [-0.2, 0) is 0 Å². The molecule has 2 aliphatic rings. The highest BCUT2D eigenvalue weighted by molar-refractivity contribution is 5.15. The molecule has 1 radical (unpaired) electrons. The van der Waals surface area contributed by atoms with E-state index in [-0.39, 0.29) is 0 Å². The molecule has 1 aromatic heterocycles. The molecule has 0 saturated carbocycles. The summed E-state index contributed by atoms with van der Waals surface area (Å²) in [5.41, 5.74) is 1.35. The zero-order valence-corrected chi connectivity index (χ0v) is 7.09. The Morgan fingerprint density at radius 3 is 3.33 bits per heavy atom. The first kappa shape index (κ1) is 6.72. The second-order valence-electron chi connectivity index (χ2n) is 3.84. The van der Waals surface area contributed by atoms with Crippen molar-refractivity contribution in [1.82, 2.24) is 9.88 Å². The molecule has 1 aromatic rings. The number of aromatic nitrogens is 1. The highest BCUT2D eigenvalue weighted by Crippen LogP contribution is 2.43. The average molecular weight is 161 g/mol. The Kier molecular flexibility index (Phi) is 1.32. The topological polar surface area (TPSA) is 19.0 Å². The Hall–Kier alpha value is -0.760. The van der Waals surface area contributed by atoms with Gasteiger partial charge in [-0.3, -0.25) is 4.90 Å². The largest absolute Gasteiger partial charge is 0.356 e. The molecule has 3 rings (SSSR count). The minimum Gasteiger partial charge on any atom is -0.356 e. The van der Waals surface area contributed by atoms with E-state index in [1.807, 2.05) is 6.07 Å². The van der Waals surface area contributed by atoms with Crippen molar-refractivity contribution in [1.29, 1.82) is 0 Å². The van der Waals surface area contributed by atoms with Crippen LogP contribution in [0.3, 0.4) is 0 Å². The van der Waals surface area contributed by atoms with Crippen molar-refractivity contribution in [2.45, 2.75) is 31.3 Å². The van der Waals surface area contributed by atoms with Gasteiger partial charge in [-0.05, 0) is 37.9 Å². The van der Waals surface area contributed by atoms with Crippen molar-refractivity contribution >= 4 is 0 Å². The van der Waals surface area contributed by atoms with Crippen LogP contribution in [0.2, 0.25) is 0 Å². The summed E-state index contributed by atoms with van der Waals surface area (Å²) in [5, 5.41) is 0. The monoisotopic (exact) mass is 161 g/mol. The number of aromatic amines is 1. The van der Waals surface area contributed by atoms with E-state index < -0.39 is 0 Å². The van der Waals surface area contributed by atoms with E-state index in [2.05, 4.69) is 22.1 Å². The van der Waals surface area contributed by atoms with Crippen molar-refractivity contribution in [2.24, 2.45) is 0 Å². The van der Waals surface area contributed by atoms with Crippen molar-refractivity contribution in [2.75, 3.05) is 6.54 Å². The number of nitrogens with zero attached hydrogens (tertiary/aromatic N) is 1. The quantitative estimate of drug-likeness (QED) is 0.664. The Labute approximate surface area is 72.6 Å². The first-order valence-electron chi connectivity index (χ1n) is 4.76. The van der Waals surface area contributed by atoms with Crippen LogP contribution in [0.15, 0.2) is 12.1 Å². The average Bonchev–Trinajstić information content (AvgIpc) is 2.62. The van der Waals surface area contributed by atoms with Crippen LogP contribution in [-0.4, -0.2) is 22.5 Å². The third-order valence-corrected chi connectivity index (χ3v) is 3.24. The van der Waals surface area contributed by atoms with Gasteiger partial charge in [0, 0.05) is 11.7 Å². The lowest BCUT2D eigenvalue weighted by molar-refractivity contribution is 0.0515. The second kappa shape index (κ2) is 2.36. The number of H-pyrrole nitrogens is 1. The SMILES string of the molecule is [c]1ccc(C2CC3CCCN32)[nH]1. The molecular formula is C10H13N2. The number of rotatable bonds is 1. The summed E-state index contributed by atoms with van der Waals surface area (Å²) in [5.74, 6) is 0. The molecular weight excluding hydrogens is 148 g/mol. The second-order valence-corrected chi connectivity index (χ2v) is 3.84. The normalized spacial score (nSPS) is 34.7. The van der Waals surface area contributed by atoms with Crippen LogP contribution in [0.1, 0.15) is 31.0 Å². The van der Waals surface area contributed by atoms with Crippen LogP contribution in [0, 0.1) is 6.20 Å². The van der Waals surface area contributed by atoms with E-state index in [1.165, 1.54) is 31.5 Å².